The van der Waals surface area contributed by atoms with Gasteiger partial charge in [0, 0.05) is 37.1 Å². The maximum Gasteiger partial charge on any atom is 0.256 e. The Bertz CT molecular complexity index is 1130. The number of pyridine rings is 1. The molecule has 0 atom stereocenters. The van der Waals surface area contributed by atoms with Crippen LogP contribution in [0, 0.1) is 0 Å². The van der Waals surface area contributed by atoms with E-state index in [-0.39, 0.29) is 11.1 Å². The van der Waals surface area contributed by atoms with Crippen LogP contribution in [0.1, 0.15) is 38.8 Å². The predicted molar refractivity (Wildman–Crippen MR) is 122 cm³/mol. The summed E-state index contributed by atoms with van der Waals surface area (Å²) >= 11 is 6.15. The number of aromatic nitrogens is 1. The monoisotopic (exact) mass is 437 g/mol. The number of nitrogens with zero attached hydrogens (tertiary/aromatic N) is 1. The van der Waals surface area contributed by atoms with E-state index in [1.807, 2.05) is 48.5 Å². The van der Waals surface area contributed by atoms with Gasteiger partial charge in [0.2, 0.25) is 5.43 Å². The average Bonchev–Trinajstić information content (AvgIpc) is 2.77. The highest BCUT2D eigenvalue weighted by atomic mass is 35.5. The lowest BCUT2D eigenvalue weighted by molar-refractivity contribution is 0.0951. The molecule has 2 amide bonds. The quantitative estimate of drug-likeness (QED) is 0.567. The summed E-state index contributed by atoms with van der Waals surface area (Å²) in [5, 5.41) is 6.02. The summed E-state index contributed by atoms with van der Waals surface area (Å²) in [5.41, 5.74) is 1.17. The van der Waals surface area contributed by atoms with Crippen molar-refractivity contribution < 1.29 is 9.59 Å². The summed E-state index contributed by atoms with van der Waals surface area (Å²) in [6, 6.07) is 17.0. The van der Waals surface area contributed by atoms with E-state index in [1.54, 1.807) is 17.6 Å². The van der Waals surface area contributed by atoms with Crippen LogP contribution >= 0.6 is 11.6 Å². The molecule has 0 saturated carbocycles. The van der Waals surface area contributed by atoms with E-state index in [9.17, 15) is 14.4 Å². The van der Waals surface area contributed by atoms with E-state index in [0.717, 1.165) is 11.1 Å². The maximum atomic E-state index is 12.9. The summed E-state index contributed by atoms with van der Waals surface area (Å²) in [4.78, 5) is 38.1. The Balaban J connectivity index is 1.84. The van der Waals surface area contributed by atoms with E-state index in [0.29, 0.717) is 31.1 Å². The highest BCUT2D eigenvalue weighted by Gasteiger charge is 2.19. The Morgan fingerprint density at radius 3 is 2.16 bits per heavy atom. The molecule has 1 aromatic heterocycles. The molecule has 31 heavy (non-hydrogen) atoms. The predicted octanol–water partition coefficient (Wildman–Crippen LogP) is 3.27. The zero-order chi connectivity index (χ0) is 22.2. The first-order valence-electron chi connectivity index (χ1n) is 10.1. The molecule has 7 heteroatoms. The van der Waals surface area contributed by atoms with Crippen molar-refractivity contribution in [2.75, 3.05) is 13.1 Å². The van der Waals surface area contributed by atoms with Gasteiger partial charge in [0.15, 0.2) is 0 Å². The van der Waals surface area contributed by atoms with Gasteiger partial charge < -0.3 is 15.2 Å². The second-order valence-electron chi connectivity index (χ2n) is 7.03. The molecule has 0 aliphatic heterocycles. The third-order valence-electron chi connectivity index (χ3n) is 4.75. The van der Waals surface area contributed by atoms with Crippen molar-refractivity contribution in [3.05, 3.63) is 104 Å². The van der Waals surface area contributed by atoms with Crippen LogP contribution in [0.3, 0.4) is 0 Å². The normalized spacial score (nSPS) is 10.5. The summed E-state index contributed by atoms with van der Waals surface area (Å²) < 4.78 is 1.68. The minimum absolute atomic E-state index is 0.0588. The van der Waals surface area contributed by atoms with Gasteiger partial charge in [-0.1, -0.05) is 60.1 Å². The molecule has 1 heterocycles. The van der Waals surface area contributed by atoms with E-state index in [4.69, 9.17) is 11.6 Å². The van der Waals surface area contributed by atoms with Gasteiger partial charge >= 0.3 is 0 Å². The van der Waals surface area contributed by atoms with Gasteiger partial charge in [-0.3, -0.25) is 14.4 Å². The third-order valence-corrected chi connectivity index (χ3v) is 5.12. The average molecular weight is 438 g/mol. The summed E-state index contributed by atoms with van der Waals surface area (Å²) in [7, 11) is 0. The minimum atomic E-state index is -0.592. The zero-order valence-corrected chi connectivity index (χ0v) is 18.0. The molecule has 160 valence electrons. The van der Waals surface area contributed by atoms with Crippen molar-refractivity contribution in [1.82, 2.24) is 15.2 Å². The lowest BCUT2D eigenvalue weighted by Crippen LogP contribution is -2.36. The van der Waals surface area contributed by atoms with Crippen LogP contribution in [-0.4, -0.2) is 29.5 Å². The van der Waals surface area contributed by atoms with Gasteiger partial charge in [0.1, 0.15) is 11.1 Å². The largest absolute Gasteiger partial charge is 0.352 e. The van der Waals surface area contributed by atoms with E-state index in [1.165, 1.54) is 12.4 Å². The molecule has 2 aromatic carbocycles. The molecule has 0 aliphatic rings. The zero-order valence-electron chi connectivity index (χ0n) is 17.2. The first-order chi connectivity index (χ1) is 15.0. The smallest absolute Gasteiger partial charge is 0.256 e. The molecule has 0 aliphatic carbocycles. The standard InChI is InChI=1S/C24H24ClN3O3/c1-2-26-23(30)19-15-28(14-17-8-4-3-5-9-17)16-20(22(19)29)24(31)27-13-12-18-10-6-7-11-21(18)25/h3-11,15-16H,2,12-14H2,1H3,(H,26,30)(H,27,31). The Morgan fingerprint density at radius 1 is 0.903 bits per heavy atom. The second-order valence-corrected chi connectivity index (χ2v) is 7.44. The van der Waals surface area contributed by atoms with Crippen LogP contribution < -0.4 is 16.1 Å². The molecule has 0 fully saturated rings. The maximum absolute atomic E-state index is 12.9. The molecule has 0 spiro atoms. The lowest BCUT2D eigenvalue weighted by atomic mass is 10.1. The van der Waals surface area contributed by atoms with Crippen molar-refractivity contribution in [2.45, 2.75) is 19.9 Å². The van der Waals surface area contributed by atoms with E-state index < -0.39 is 17.2 Å². The second kappa shape index (κ2) is 10.6. The van der Waals surface area contributed by atoms with Gasteiger partial charge in [-0.05, 0) is 30.5 Å². The molecule has 2 N–H and O–H groups in total. The Kier molecular flexibility index (Phi) is 7.62. The molecule has 6 nitrogen and oxygen atoms in total. The molecular formula is C24H24ClN3O3. The highest BCUT2D eigenvalue weighted by molar-refractivity contribution is 6.31. The Labute approximate surface area is 185 Å². The van der Waals surface area contributed by atoms with Crippen LogP contribution in [0.2, 0.25) is 5.02 Å². The number of nitrogens with one attached hydrogen (secondary N) is 2. The van der Waals surface area contributed by atoms with E-state index in [2.05, 4.69) is 10.6 Å². The van der Waals surface area contributed by atoms with Crippen LogP contribution in [0.5, 0.6) is 0 Å². The summed E-state index contributed by atoms with van der Waals surface area (Å²) in [5.74, 6) is -1.02. The lowest BCUT2D eigenvalue weighted by Gasteiger charge is -2.13. The number of rotatable bonds is 8. The minimum Gasteiger partial charge on any atom is -0.352 e. The summed E-state index contributed by atoms with van der Waals surface area (Å²) in [6.07, 6.45) is 3.50. The fourth-order valence-electron chi connectivity index (χ4n) is 3.20. The molecular weight excluding hydrogens is 414 g/mol. The molecule has 0 radical (unpaired) electrons. The van der Waals surface area contributed by atoms with Crippen molar-refractivity contribution in [2.24, 2.45) is 0 Å². The Morgan fingerprint density at radius 2 is 1.52 bits per heavy atom. The number of hydrogen-bond donors (Lipinski definition) is 2. The number of carbonyl (C=O) groups is 2. The van der Waals surface area contributed by atoms with Crippen LogP contribution in [0.25, 0.3) is 0 Å². The summed E-state index contributed by atoms with van der Waals surface area (Å²) in [6.45, 7) is 2.89. The molecule has 0 saturated heterocycles. The van der Waals surface area contributed by atoms with Gasteiger partial charge in [-0.2, -0.15) is 0 Å². The molecule has 3 rings (SSSR count). The number of carbonyl (C=O) groups excluding carboxylic acids is 2. The van der Waals surface area contributed by atoms with Crippen LogP contribution in [-0.2, 0) is 13.0 Å². The molecule has 0 bridgehead atoms. The number of halogens is 1. The first-order valence-corrected chi connectivity index (χ1v) is 10.4. The fourth-order valence-corrected chi connectivity index (χ4v) is 3.43. The first kappa shape index (κ1) is 22.3. The van der Waals surface area contributed by atoms with Gasteiger partial charge in [-0.15, -0.1) is 0 Å². The van der Waals surface area contributed by atoms with Crippen molar-refractivity contribution in [3.63, 3.8) is 0 Å². The number of benzene rings is 2. The topological polar surface area (TPSA) is 80.2 Å². The Hall–Kier alpha value is -3.38. The number of amides is 2. The van der Waals surface area contributed by atoms with Crippen molar-refractivity contribution >= 4 is 23.4 Å². The number of hydrogen-bond acceptors (Lipinski definition) is 3. The van der Waals surface area contributed by atoms with Crippen LogP contribution in [0.4, 0.5) is 0 Å². The van der Waals surface area contributed by atoms with Gasteiger partial charge in [-0.25, -0.2) is 0 Å². The van der Waals surface area contributed by atoms with Gasteiger partial charge in [0.25, 0.3) is 11.8 Å². The molecule has 3 aromatic rings. The third kappa shape index (κ3) is 5.83. The SMILES string of the molecule is CCNC(=O)c1cn(Cc2ccccc2)cc(C(=O)NCCc2ccccc2Cl)c1=O. The van der Waals surface area contributed by atoms with E-state index >= 15 is 0 Å². The molecule has 0 unspecified atom stereocenters. The van der Waals surface area contributed by atoms with Crippen LogP contribution in [0.15, 0.2) is 71.8 Å². The van der Waals surface area contributed by atoms with Crippen molar-refractivity contribution in [1.29, 1.82) is 0 Å². The van der Waals surface area contributed by atoms with Crippen molar-refractivity contribution in [3.8, 4) is 0 Å². The fraction of sp³-hybridized carbons (Fsp3) is 0.208. The highest BCUT2D eigenvalue weighted by Crippen LogP contribution is 2.15. The van der Waals surface area contributed by atoms with Gasteiger partial charge in [0.05, 0.1) is 0 Å².